The lowest BCUT2D eigenvalue weighted by atomic mass is 10.1. The van der Waals surface area contributed by atoms with E-state index in [0.717, 1.165) is 5.56 Å². The first-order valence-corrected chi connectivity index (χ1v) is 9.66. The van der Waals surface area contributed by atoms with Crippen molar-refractivity contribution in [2.45, 2.75) is 12.8 Å². The van der Waals surface area contributed by atoms with Gasteiger partial charge in [0.15, 0.2) is 11.7 Å². The minimum atomic E-state index is -0.257. The molecule has 152 valence electrons. The molecule has 3 rings (SSSR count). The minimum Gasteiger partial charge on any atom is -0.497 e. The topological polar surface area (TPSA) is 73.6 Å². The van der Waals surface area contributed by atoms with Crippen LogP contribution in [0.3, 0.4) is 0 Å². The highest BCUT2D eigenvalue weighted by Gasteiger charge is 2.14. The van der Waals surface area contributed by atoms with Gasteiger partial charge in [-0.1, -0.05) is 34.8 Å². The van der Waals surface area contributed by atoms with E-state index in [1.54, 1.807) is 32.5 Å². The summed E-state index contributed by atoms with van der Waals surface area (Å²) in [6.45, 7) is 0. The SMILES string of the molecule is COc1ccc(-c2cnc(CCC(=O)Nc3cc(Cl)c(Cl)cc3Cl)o2)c(OC)c1. The van der Waals surface area contributed by atoms with E-state index >= 15 is 0 Å². The number of anilines is 1. The van der Waals surface area contributed by atoms with E-state index in [9.17, 15) is 4.79 Å². The Morgan fingerprint density at radius 3 is 2.55 bits per heavy atom. The van der Waals surface area contributed by atoms with Gasteiger partial charge < -0.3 is 19.2 Å². The van der Waals surface area contributed by atoms with Crippen molar-refractivity contribution in [2.75, 3.05) is 19.5 Å². The maximum Gasteiger partial charge on any atom is 0.224 e. The van der Waals surface area contributed by atoms with Gasteiger partial charge >= 0.3 is 0 Å². The quantitative estimate of drug-likeness (QED) is 0.450. The van der Waals surface area contributed by atoms with Gasteiger partial charge in [-0.3, -0.25) is 4.79 Å². The van der Waals surface area contributed by atoms with E-state index in [-0.39, 0.29) is 12.3 Å². The first-order chi connectivity index (χ1) is 13.9. The molecular weight excluding hydrogens is 439 g/mol. The summed E-state index contributed by atoms with van der Waals surface area (Å²) in [7, 11) is 3.14. The molecule has 0 unspecified atom stereocenters. The molecule has 0 saturated carbocycles. The summed E-state index contributed by atoms with van der Waals surface area (Å²) >= 11 is 17.9. The van der Waals surface area contributed by atoms with Crippen molar-refractivity contribution >= 4 is 46.4 Å². The largest absolute Gasteiger partial charge is 0.497 e. The Labute approximate surface area is 182 Å². The molecule has 0 fully saturated rings. The summed E-state index contributed by atoms with van der Waals surface area (Å²) in [5, 5.41) is 3.62. The Hall–Kier alpha value is -2.41. The van der Waals surface area contributed by atoms with Crippen LogP contribution in [0.25, 0.3) is 11.3 Å². The molecule has 1 amide bonds. The molecular formula is C20H17Cl3N2O4. The number of nitrogens with zero attached hydrogens (tertiary/aromatic N) is 1. The molecule has 0 atom stereocenters. The Morgan fingerprint density at radius 2 is 1.83 bits per heavy atom. The molecule has 1 aromatic heterocycles. The first kappa shape index (κ1) is 21.3. The van der Waals surface area contributed by atoms with E-state index in [0.29, 0.717) is 50.3 Å². The molecule has 0 bridgehead atoms. The van der Waals surface area contributed by atoms with Crippen molar-refractivity contribution < 1.29 is 18.7 Å². The van der Waals surface area contributed by atoms with Crippen LogP contribution in [0.4, 0.5) is 5.69 Å². The molecule has 2 aromatic carbocycles. The van der Waals surface area contributed by atoms with Gasteiger partial charge in [-0.05, 0) is 24.3 Å². The van der Waals surface area contributed by atoms with E-state index in [1.807, 2.05) is 6.07 Å². The summed E-state index contributed by atoms with van der Waals surface area (Å²) < 4.78 is 16.3. The second-order valence-corrected chi connectivity index (χ2v) is 7.20. The third-order valence-electron chi connectivity index (χ3n) is 4.08. The van der Waals surface area contributed by atoms with E-state index in [1.165, 1.54) is 12.1 Å². The summed E-state index contributed by atoms with van der Waals surface area (Å²) in [5.41, 5.74) is 1.13. The van der Waals surface area contributed by atoms with Crippen molar-refractivity contribution in [3.05, 3.63) is 57.5 Å². The number of amides is 1. The Kier molecular flexibility index (Phi) is 6.90. The maximum atomic E-state index is 12.2. The number of oxazole rings is 1. The molecule has 0 aliphatic rings. The zero-order valence-corrected chi connectivity index (χ0v) is 17.9. The number of ether oxygens (including phenoxy) is 2. The van der Waals surface area contributed by atoms with Crippen LogP contribution in [0.2, 0.25) is 15.1 Å². The van der Waals surface area contributed by atoms with Crippen molar-refractivity contribution in [1.82, 2.24) is 4.98 Å². The van der Waals surface area contributed by atoms with Crippen LogP contribution < -0.4 is 14.8 Å². The smallest absolute Gasteiger partial charge is 0.224 e. The maximum absolute atomic E-state index is 12.2. The van der Waals surface area contributed by atoms with Crippen molar-refractivity contribution in [3.8, 4) is 22.8 Å². The molecule has 0 aliphatic heterocycles. The number of aromatic nitrogens is 1. The standard InChI is InChI=1S/C20H17Cl3N2O4/c1-27-11-3-4-12(17(7-11)28-2)18-10-24-20(29-18)6-5-19(26)25-16-9-14(22)13(21)8-15(16)23/h3-4,7-10H,5-6H2,1-2H3,(H,25,26). The molecule has 0 aliphatic carbocycles. The average Bonchev–Trinajstić information content (AvgIpc) is 3.18. The Balaban J connectivity index is 1.65. The Bertz CT molecular complexity index is 1040. The van der Waals surface area contributed by atoms with E-state index in [4.69, 9.17) is 48.7 Å². The van der Waals surface area contributed by atoms with Gasteiger partial charge in [-0.15, -0.1) is 0 Å². The van der Waals surface area contributed by atoms with Crippen LogP contribution >= 0.6 is 34.8 Å². The zero-order chi connectivity index (χ0) is 21.0. The number of hydrogen-bond donors (Lipinski definition) is 1. The van der Waals surface area contributed by atoms with E-state index in [2.05, 4.69) is 10.3 Å². The van der Waals surface area contributed by atoms with Crippen molar-refractivity contribution in [3.63, 3.8) is 0 Å². The molecule has 1 N–H and O–H groups in total. The van der Waals surface area contributed by atoms with Gasteiger partial charge in [-0.2, -0.15) is 0 Å². The van der Waals surface area contributed by atoms with Crippen molar-refractivity contribution in [2.24, 2.45) is 0 Å². The van der Waals surface area contributed by atoms with Gasteiger partial charge in [0.25, 0.3) is 0 Å². The van der Waals surface area contributed by atoms with Gasteiger partial charge in [0.2, 0.25) is 5.91 Å². The zero-order valence-electron chi connectivity index (χ0n) is 15.6. The molecule has 0 spiro atoms. The number of rotatable bonds is 7. The van der Waals surface area contributed by atoms with Crippen LogP contribution in [0.1, 0.15) is 12.3 Å². The lowest BCUT2D eigenvalue weighted by Crippen LogP contribution is -2.12. The molecule has 6 nitrogen and oxygen atoms in total. The molecule has 1 heterocycles. The molecule has 3 aromatic rings. The van der Waals surface area contributed by atoms with Crippen LogP contribution in [-0.2, 0) is 11.2 Å². The first-order valence-electron chi connectivity index (χ1n) is 8.52. The number of carbonyl (C=O) groups is 1. The van der Waals surface area contributed by atoms with Gasteiger partial charge in [-0.25, -0.2) is 4.98 Å². The summed E-state index contributed by atoms with van der Waals surface area (Å²) in [6, 6.07) is 8.36. The lowest BCUT2D eigenvalue weighted by Gasteiger charge is -2.08. The molecule has 9 heteroatoms. The van der Waals surface area contributed by atoms with Crippen LogP contribution in [0, 0.1) is 0 Å². The fraction of sp³-hybridized carbons (Fsp3) is 0.200. The molecule has 0 radical (unpaired) electrons. The minimum absolute atomic E-state index is 0.149. The highest BCUT2D eigenvalue weighted by Crippen LogP contribution is 2.34. The molecule has 29 heavy (non-hydrogen) atoms. The number of nitrogens with one attached hydrogen (secondary N) is 1. The molecule has 0 saturated heterocycles. The van der Waals surface area contributed by atoms with Gasteiger partial charge in [0, 0.05) is 18.9 Å². The second kappa shape index (κ2) is 9.39. The normalized spacial score (nSPS) is 10.7. The number of aryl methyl sites for hydroxylation is 1. The van der Waals surface area contributed by atoms with E-state index < -0.39 is 0 Å². The predicted octanol–water partition coefficient (Wildman–Crippen LogP) is 5.89. The van der Waals surface area contributed by atoms with Crippen LogP contribution in [0.5, 0.6) is 11.5 Å². The predicted molar refractivity (Wildman–Crippen MR) is 113 cm³/mol. The fourth-order valence-electron chi connectivity index (χ4n) is 2.60. The van der Waals surface area contributed by atoms with Gasteiger partial charge in [0.05, 0.1) is 46.7 Å². The number of carbonyl (C=O) groups excluding carboxylic acids is 1. The Morgan fingerprint density at radius 1 is 1.07 bits per heavy atom. The number of halogens is 3. The van der Waals surface area contributed by atoms with Crippen molar-refractivity contribution in [1.29, 1.82) is 0 Å². The van der Waals surface area contributed by atoms with Gasteiger partial charge in [0.1, 0.15) is 11.5 Å². The summed E-state index contributed by atoms with van der Waals surface area (Å²) in [5.74, 6) is 1.97. The fourth-order valence-corrected chi connectivity index (χ4v) is 3.20. The average molecular weight is 456 g/mol. The summed E-state index contributed by atoms with van der Waals surface area (Å²) in [4.78, 5) is 16.5. The highest BCUT2D eigenvalue weighted by molar-refractivity contribution is 6.44. The number of benzene rings is 2. The number of hydrogen-bond acceptors (Lipinski definition) is 5. The third kappa shape index (κ3) is 5.15. The third-order valence-corrected chi connectivity index (χ3v) is 5.11. The second-order valence-electron chi connectivity index (χ2n) is 5.98. The van der Waals surface area contributed by atoms with Crippen LogP contribution in [-0.4, -0.2) is 25.1 Å². The number of methoxy groups -OCH3 is 2. The highest BCUT2D eigenvalue weighted by atomic mass is 35.5. The van der Waals surface area contributed by atoms with Crippen LogP contribution in [0.15, 0.2) is 40.9 Å². The lowest BCUT2D eigenvalue weighted by molar-refractivity contribution is -0.116. The summed E-state index contributed by atoms with van der Waals surface area (Å²) in [6.07, 6.45) is 2.05. The monoisotopic (exact) mass is 454 g/mol.